The monoisotopic (exact) mass is 404 g/mol. The number of halogens is 4. The van der Waals surface area contributed by atoms with Crippen LogP contribution in [0.5, 0.6) is 0 Å². The molecule has 0 atom stereocenters. The number of carbonyl (C=O) groups is 1. The Morgan fingerprint density at radius 1 is 1.00 bits per heavy atom. The van der Waals surface area contributed by atoms with Gasteiger partial charge >= 0.3 is 0 Å². The first kappa shape index (κ1) is 20.8. The smallest absolute Gasteiger partial charge is 0.246 e. The zero-order valence-electron chi connectivity index (χ0n) is 14.2. The highest BCUT2D eigenvalue weighted by Crippen LogP contribution is 2.22. The molecule has 0 unspecified atom stereocenters. The van der Waals surface area contributed by atoms with Crippen molar-refractivity contribution in [3.8, 4) is 0 Å². The van der Waals surface area contributed by atoms with Crippen molar-refractivity contribution in [2.24, 2.45) is 0 Å². The number of hydrogen-bond donors (Lipinski definition) is 1. The molecule has 0 saturated carbocycles. The van der Waals surface area contributed by atoms with Gasteiger partial charge in [-0.05, 0) is 29.8 Å². The van der Waals surface area contributed by atoms with E-state index in [1.54, 1.807) is 0 Å². The lowest BCUT2D eigenvalue weighted by Gasteiger charge is -2.20. The average molecular weight is 404 g/mol. The third-order valence-corrected chi connectivity index (χ3v) is 5.63. The van der Waals surface area contributed by atoms with Gasteiger partial charge in [-0.15, -0.1) is 0 Å². The minimum Gasteiger partial charge on any atom is -0.351 e. The lowest BCUT2D eigenvalue weighted by molar-refractivity contribution is -0.121. The molecule has 0 aliphatic heterocycles. The highest BCUT2D eigenvalue weighted by Gasteiger charge is 2.30. The van der Waals surface area contributed by atoms with E-state index in [0.717, 1.165) is 0 Å². The molecule has 0 saturated heterocycles. The van der Waals surface area contributed by atoms with Gasteiger partial charge in [0.1, 0.15) is 10.7 Å². The van der Waals surface area contributed by atoms with Gasteiger partial charge in [-0.3, -0.25) is 4.79 Å². The number of nitrogens with zero attached hydrogens (tertiary/aromatic N) is 1. The van der Waals surface area contributed by atoms with Crippen LogP contribution in [0.25, 0.3) is 0 Å². The van der Waals surface area contributed by atoms with E-state index in [2.05, 4.69) is 5.32 Å². The summed E-state index contributed by atoms with van der Waals surface area (Å²) in [6.07, 6.45) is 0. The van der Waals surface area contributed by atoms with E-state index in [1.807, 2.05) is 0 Å². The molecule has 27 heavy (non-hydrogen) atoms. The Bertz CT molecular complexity index is 934. The summed E-state index contributed by atoms with van der Waals surface area (Å²) in [4.78, 5) is 11.0. The van der Waals surface area contributed by atoms with E-state index in [0.29, 0.717) is 22.0 Å². The molecule has 0 heterocycles. The molecule has 0 fully saturated rings. The SMILES string of the molecule is CCN(CC(=O)NCc1ccc(F)cc1)S(=O)(=O)c1ccc(F)c(F)c1F. The minimum absolute atomic E-state index is 0.0241. The van der Waals surface area contributed by atoms with Crippen molar-refractivity contribution < 1.29 is 30.8 Å². The fourth-order valence-electron chi connectivity index (χ4n) is 2.23. The van der Waals surface area contributed by atoms with E-state index >= 15 is 0 Å². The van der Waals surface area contributed by atoms with Crippen LogP contribution in [0.1, 0.15) is 12.5 Å². The Hall–Kier alpha value is -2.46. The molecular weight excluding hydrogens is 388 g/mol. The molecule has 146 valence electrons. The second-order valence-corrected chi connectivity index (χ2v) is 7.41. The summed E-state index contributed by atoms with van der Waals surface area (Å²) >= 11 is 0. The fourth-order valence-corrected chi connectivity index (χ4v) is 3.69. The molecule has 0 aliphatic carbocycles. The number of sulfonamides is 1. The van der Waals surface area contributed by atoms with Gasteiger partial charge in [-0.2, -0.15) is 4.31 Å². The van der Waals surface area contributed by atoms with E-state index < -0.39 is 50.6 Å². The van der Waals surface area contributed by atoms with Gasteiger partial charge in [0.05, 0.1) is 6.54 Å². The average Bonchev–Trinajstić information content (AvgIpc) is 2.63. The lowest BCUT2D eigenvalue weighted by atomic mass is 10.2. The van der Waals surface area contributed by atoms with Crippen molar-refractivity contribution in [1.29, 1.82) is 0 Å². The Morgan fingerprint density at radius 2 is 1.63 bits per heavy atom. The second-order valence-electron chi connectivity index (χ2n) is 5.51. The molecule has 2 aromatic rings. The number of hydrogen-bond acceptors (Lipinski definition) is 3. The Kier molecular flexibility index (Phi) is 6.55. The summed E-state index contributed by atoms with van der Waals surface area (Å²) in [5, 5.41) is 2.45. The molecule has 0 radical (unpaired) electrons. The summed E-state index contributed by atoms with van der Waals surface area (Å²) in [6, 6.07) is 6.39. The fraction of sp³-hybridized carbons (Fsp3) is 0.235. The molecule has 1 N–H and O–H groups in total. The zero-order valence-corrected chi connectivity index (χ0v) is 15.0. The summed E-state index contributed by atoms with van der Waals surface area (Å²) in [5.74, 6) is -6.42. The predicted octanol–water partition coefficient (Wildman–Crippen LogP) is 2.57. The topological polar surface area (TPSA) is 66.5 Å². The van der Waals surface area contributed by atoms with Crippen molar-refractivity contribution in [2.45, 2.75) is 18.4 Å². The molecule has 0 spiro atoms. The van der Waals surface area contributed by atoms with Crippen molar-refractivity contribution in [3.63, 3.8) is 0 Å². The van der Waals surface area contributed by atoms with Crippen molar-refractivity contribution in [3.05, 3.63) is 65.2 Å². The van der Waals surface area contributed by atoms with Crippen LogP contribution in [0, 0.1) is 23.3 Å². The Balaban J connectivity index is 2.12. The quantitative estimate of drug-likeness (QED) is 0.570. The summed E-state index contributed by atoms with van der Waals surface area (Å²) in [6.45, 7) is 0.571. The van der Waals surface area contributed by atoms with Crippen LogP contribution in [0.4, 0.5) is 17.6 Å². The van der Waals surface area contributed by atoms with Crippen LogP contribution >= 0.6 is 0 Å². The van der Waals surface area contributed by atoms with E-state index in [9.17, 15) is 30.8 Å². The highest BCUT2D eigenvalue weighted by atomic mass is 32.2. The predicted molar refractivity (Wildman–Crippen MR) is 89.0 cm³/mol. The van der Waals surface area contributed by atoms with Crippen LogP contribution in [-0.2, 0) is 21.4 Å². The van der Waals surface area contributed by atoms with Gasteiger partial charge < -0.3 is 5.32 Å². The van der Waals surface area contributed by atoms with Crippen LogP contribution in [0.15, 0.2) is 41.3 Å². The molecule has 0 aliphatic rings. The van der Waals surface area contributed by atoms with Crippen LogP contribution in [-0.4, -0.2) is 31.7 Å². The number of benzene rings is 2. The molecule has 0 bridgehead atoms. The maximum absolute atomic E-state index is 13.8. The maximum Gasteiger partial charge on any atom is 0.246 e. The number of carbonyl (C=O) groups excluding carboxylic acids is 1. The zero-order chi connectivity index (χ0) is 20.2. The third kappa shape index (κ3) is 4.83. The summed E-state index contributed by atoms with van der Waals surface area (Å²) in [5.41, 5.74) is 0.585. The van der Waals surface area contributed by atoms with E-state index in [4.69, 9.17) is 0 Å². The van der Waals surface area contributed by atoms with Crippen LogP contribution in [0.3, 0.4) is 0 Å². The molecule has 0 aromatic heterocycles. The van der Waals surface area contributed by atoms with Gasteiger partial charge in [-0.25, -0.2) is 26.0 Å². The van der Waals surface area contributed by atoms with Gasteiger partial charge in [-0.1, -0.05) is 19.1 Å². The minimum atomic E-state index is -4.56. The number of rotatable bonds is 7. The Labute approximate surface area is 153 Å². The molecule has 2 aromatic carbocycles. The molecule has 2 rings (SSSR count). The number of amides is 1. The number of likely N-dealkylation sites (N-methyl/N-ethyl adjacent to an activating group) is 1. The van der Waals surface area contributed by atoms with E-state index in [1.165, 1.54) is 31.2 Å². The summed E-state index contributed by atoms with van der Waals surface area (Å²) in [7, 11) is -4.56. The molecule has 5 nitrogen and oxygen atoms in total. The summed E-state index contributed by atoms with van der Waals surface area (Å²) < 4.78 is 78.6. The van der Waals surface area contributed by atoms with Gasteiger partial charge in [0.25, 0.3) is 0 Å². The van der Waals surface area contributed by atoms with Gasteiger partial charge in [0.15, 0.2) is 17.5 Å². The normalized spacial score (nSPS) is 11.6. The third-order valence-electron chi connectivity index (χ3n) is 3.69. The first-order chi connectivity index (χ1) is 12.7. The lowest BCUT2D eigenvalue weighted by Crippen LogP contribution is -2.40. The Morgan fingerprint density at radius 3 is 2.22 bits per heavy atom. The van der Waals surface area contributed by atoms with Gasteiger partial charge in [0, 0.05) is 13.1 Å². The molecule has 10 heteroatoms. The number of nitrogens with one attached hydrogen (secondary N) is 1. The first-order valence-electron chi connectivity index (χ1n) is 7.81. The van der Waals surface area contributed by atoms with Crippen molar-refractivity contribution in [2.75, 3.05) is 13.1 Å². The standard InChI is InChI=1S/C17H16F4N2O3S/c1-2-23(10-15(24)22-9-11-3-5-12(18)6-4-11)27(25,26)14-8-7-13(19)16(20)17(14)21/h3-8H,2,9-10H2,1H3,(H,22,24). The van der Waals surface area contributed by atoms with Crippen molar-refractivity contribution in [1.82, 2.24) is 9.62 Å². The largest absolute Gasteiger partial charge is 0.351 e. The van der Waals surface area contributed by atoms with Crippen LogP contribution in [0.2, 0.25) is 0 Å². The molecule has 1 amide bonds. The maximum atomic E-state index is 13.8. The van der Waals surface area contributed by atoms with Gasteiger partial charge in [0.2, 0.25) is 15.9 Å². The van der Waals surface area contributed by atoms with Crippen LogP contribution < -0.4 is 5.32 Å². The first-order valence-corrected chi connectivity index (χ1v) is 9.25. The second kappa shape index (κ2) is 8.49. The van der Waals surface area contributed by atoms with E-state index in [-0.39, 0.29) is 13.1 Å². The van der Waals surface area contributed by atoms with Crippen molar-refractivity contribution >= 4 is 15.9 Å². The highest BCUT2D eigenvalue weighted by molar-refractivity contribution is 7.89. The molecular formula is C17H16F4N2O3S.